The number of benzene rings is 1. The molecule has 0 N–H and O–H groups in total. The third-order valence-electron chi connectivity index (χ3n) is 3.95. The first-order valence-electron chi connectivity index (χ1n) is 7.41. The molecule has 0 amide bonds. The first-order valence-corrected chi connectivity index (χ1v) is 7.78. The van der Waals surface area contributed by atoms with Crippen molar-refractivity contribution in [3.05, 3.63) is 46.7 Å². The minimum atomic E-state index is -0.518. The fraction of sp³-hybridized carbons (Fsp3) is 0.438. The minimum absolute atomic E-state index is 0.0489. The molecule has 6 nitrogen and oxygen atoms in total. The maximum atomic E-state index is 12.4. The van der Waals surface area contributed by atoms with Crippen molar-refractivity contribution in [1.82, 2.24) is 15.0 Å². The van der Waals surface area contributed by atoms with E-state index in [0.29, 0.717) is 13.2 Å². The smallest absolute Gasteiger partial charge is 0.359 e. The van der Waals surface area contributed by atoms with E-state index in [4.69, 9.17) is 21.1 Å². The lowest BCUT2D eigenvalue weighted by atomic mass is 9.90. The molecule has 1 aliphatic rings. The fourth-order valence-electron chi connectivity index (χ4n) is 2.44. The van der Waals surface area contributed by atoms with Crippen LogP contribution in [0.25, 0.3) is 0 Å². The molecule has 1 aromatic heterocycles. The van der Waals surface area contributed by atoms with Crippen LogP contribution in [-0.2, 0) is 9.47 Å². The van der Waals surface area contributed by atoms with Gasteiger partial charge in [-0.3, -0.25) is 0 Å². The van der Waals surface area contributed by atoms with Gasteiger partial charge in [-0.2, -0.15) is 0 Å². The molecule has 1 fully saturated rings. The number of halogens is 1. The van der Waals surface area contributed by atoms with Crippen LogP contribution in [0, 0.1) is 5.41 Å². The molecule has 1 atom stereocenters. The Hall–Kier alpha value is -1.92. The Morgan fingerprint density at radius 1 is 1.43 bits per heavy atom. The zero-order chi connectivity index (χ0) is 16.4. The third-order valence-corrected chi connectivity index (χ3v) is 4.20. The van der Waals surface area contributed by atoms with Crippen molar-refractivity contribution < 1.29 is 14.3 Å². The van der Waals surface area contributed by atoms with Gasteiger partial charge >= 0.3 is 5.97 Å². The van der Waals surface area contributed by atoms with Crippen molar-refractivity contribution in [3.8, 4) is 0 Å². The number of ether oxygens (including phenoxy) is 2. The van der Waals surface area contributed by atoms with Crippen molar-refractivity contribution in [1.29, 1.82) is 0 Å². The van der Waals surface area contributed by atoms with Gasteiger partial charge in [0.2, 0.25) is 0 Å². The Labute approximate surface area is 139 Å². The van der Waals surface area contributed by atoms with Crippen LogP contribution in [0.5, 0.6) is 0 Å². The SMILES string of the molecule is C[C@H](c1ccccc1)n1nnc(Cl)c1C(=O)OCC1(C)COC1. The number of rotatable bonds is 5. The van der Waals surface area contributed by atoms with Crippen molar-refractivity contribution >= 4 is 17.6 Å². The summed E-state index contributed by atoms with van der Waals surface area (Å²) in [6.07, 6.45) is 0. The molecule has 122 valence electrons. The summed E-state index contributed by atoms with van der Waals surface area (Å²) in [6.45, 7) is 5.40. The van der Waals surface area contributed by atoms with Gasteiger partial charge in [0.15, 0.2) is 10.8 Å². The normalized spacial score (nSPS) is 17.3. The molecular formula is C16H18ClN3O3. The van der Waals surface area contributed by atoms with E-state index in [0.717, 1.165) is 5.56 Å². The topological polar surface area (TPSA) is 66.2 Å². The van der Waals surface area contributed by atoms with Gasteiger partial charge < -0.3 is 9.47 Å². The van der Waals surface area contributed by atoms with E-state index in [-0.39, 0.29) is 28.9 Å². The quantitative estimate of drug-likeness (QED) is 0.786. The molecule has 0 saturated carbocycles. The summed E-state index contributed by atoms with van der Waals surface area (Å²) < 4.78 is 12.1. The van der Waals surface area contributed by atoms with E-state index in [9.17, 15) is 4.79 Å². The summed E-state index contributed by atoms with van der Waals surface area (Å²) >= 11 is 6.05. The molecule has 7 heteroatoms. The molecule has 0 bridgehead atoms. The number of hydrogen-bond donors (Lipinski definition) is 0. The average molecular weight is 336 g/mol. The van der Waals surface area contributed by atoms with Crippen LogP contribution >= 0.6 is 11.6 Å². The molecule has 0 aliphatic carbocycles. The summed E-state index contributed by atoms with van der Waals surface area (Å²) in [5, 5.41) is 7.87. The van der Waals surface area contributed by atoms with Gasteiger partial charge in [-0.15, -0.1) is 5.10 Å². The molecule has 2 aromatic rings. The summed E-state index contributed by atoms with van der Waals surface area (Å²) in [5.74, 6) is -0.518. The molecule has 0 unspecified atom stereocenters. The first-order chi connectivity index (χ1) is 11.0. The number of carbonyl (C=O) groups is 1. The van der Waals surface area contributed by atoms with E-state index < -0.39 is 5.97 Å². The van der Waals surface area contributed by atoms with Crippen LogP contribution in [-0.4, -0.2) is 40.8 Å². The van der Waals surface area contributed by atoms with Crippen LogP contribution < -0.4 is 0 Å². The Morgan fingerprint density at radius 3 is 2.74 bits per heavy atom. The maximum absolute atomic E-state index is 12.4. The summed E-state index contributed by atoms with van der Waals surface area (Å²) in [4.78, 5) is 12.4. The van der Waals surface area contributed by atoms with Gasteiger partial charge in [-0.25, -0.2) is 9.48 Å². The number of nitrogens with zero attached hydrogens (tertiary/aromatic N) is 3. The highest BCUT2D eigenvalue weighted by Gasteiger charge is 2.36. The largest absolute Gasteiger partial charge is 0.460 e. The third kappa shape index (κ3) is 3.23. The highest BCUT2D eigenvalue weighted by molar-refractivity contribution is 6.32. The molecule has 2 heterocycles. The summed E-state index contributed by atoms with van der Waals surface area (Å²) in [5.41, 5.74) is 1.06. The fourth-order valence-corrected chi connectivity index (χ4v) is 2.64. The Kier molecular flexibility index (Phi) is 4.37. The van der Waals surface area contributed by atoms with Gasteiger partial charge in [-0.05, 0) is 12.5 Å². The van der Waals surface area contributed by atoms with E-state index in [1.54, 1.807) is 0 Å². The predicted molar refractivity (Wildman–Crippen MR) is 84.5 cm³/mol. The van der Waals surface area contributed by atoms with E-state index in [1.807, 2.05) is 44.2 Å². The Bertz CT molecular complexity index is 698. The molecule has 1 aromatic carbocycles. The van der Waals surface area contributed by atoms with Gasteiger partial charge in [0.25, 0.3) is 0 Å². The maximum Gasteiger partial charge on any atom is 0.359 e. The van der Waals surface area contributed by atoms with Crippen LogP contribution in [0.15, 0.2) is 30.3 Å². The lowest BCUT2D eigenvalue weighted by molar-refractivity contribution is -0.127. The molecule has 1 saturated heterocycles. The van der Waals surface area contributed by atoms with Crippen LogP contribution in [0.4, 0.5) is 0 Å². The molecule has 3 rings (SSSR count). The lowest BCUT2D eigenvalue weighted by Gasteiger charge is -2.37. The van der Waals surface area contributed by atoms with Crippen molar-refractivity contribution in [3.63, 3.8) is 0 Å². The highest BCUT2D eigenvalue weighted by atomic mass is 35.5. The van der Waals surface area contributed by atoms with Crippen molar-refractivity contribution in [2.24, 2.45) is 5.41 Å². The van der Waals surface area contributed by atoms with Gasteiger partial charge in [0, 0.05) is 5.41 Å². The van der Waals surface area contributed by atoms with Crippen LogP contribution in [0.3, 0.4) is 0 Å². The van der Waals surface area contributed by atoms with Gasteiger partial charge in [0.1, 0.15) is 6.61 Å². The van der Waals surface area contributed by atoms with Crippen LogP contribution in [0.1, 0.15) is 35.9 Å². The number of esters is 1. The van der Waals surface area contributed by atoms with E-state index in [1.165, 1.54) is 4.68 Å². The second-order valence-electron chi connectivity index (χ2n) is 6.14. The minimum Gasteiger partial charge on any atom is -0.460 e. The Morgan fingerprint density at radius 2 is 2.13 bits per heavy atom. The lowest BCUT2D eigenvalue weighted by Crippen LogP contribution is -2.44. The number of carbonyl (C=O) groups excluding carboxylic acids is 1. The number of aromatic nitrogens is 3. The first kappa shape index (κ1) is 16.0. The van der Waals surface area contributed by atoms with Gasteiger partial charge in [-0.1, -0.05) is 54.1 Å². The monoisotopic (exact) mass is 335 g/mol. The van der Waals surface area contributed by atoms with Crippen LogP contribution in [0.2, 0.25) is 5.15 Å². The molecular weight excluding hydrogens is 318 g/mol. The molecule has 23 heavy (non-hydrogen) atoms. The summed E-state index contributed by atoms with van der Waals surface area (Å²) in [6, 6.07) is 9.53. The second-order valence-corrected chi connectivity index (χ2v) is 6.50. The molecule has 0 spiro atoms. The van der Waals surface area contributed by atoms with E-state index >= 15 is 0 Å². The number of hydrogen-bond acceptors (Lipinski definition) is 5. The van der Waals surface area contributed by atoms with Crippen molar-refractivity contribution in [2.75, 3.05) is 19.8 Å². The van der Waals surface area contributed by atoms with E-state index in [2.05, 4.69) is 10.3 Å². The van der Waals surface area contributed by atoms with Crippen molar-refractivity contribution in [2.45, 2.75) is 19.9 Å². The second kappa shape index (κ2) is 6.29. The summed E-state index contributed by atoms with van der Waals surface area (Å²) in [7, 11) is 0. The zero-order valence-corrected chi connectivity index (χ0v) is 13.8. The predicted octanol–water partition coefficient (Wildman–Crippen LogP) is 2.73. The molecule has 1 aliphatic heterocycles. The van der Waals surface area contributed by atoms with Gasteiger partial charge in [0.05, 0.1) is 19.3 Å². The standard InChI is InChI=1S/C16H18ClN3O3/c1-11(12-6-4-3-5-7-12)20-13(14(17)18-19-20)15(21)23-10-16(2)8-22-9-16/h3-7,11H,8-10H2,1-2H3/t11-/m1/s1. The Balaban J connectivity index is 1.79. The zero-order valence-electron chi connectivity index (χ0n) is 13.0. The average Bonchev–Trinajstić information content (AvgIpc) is 2.92. The highest BCUT2D eigenvalue weighted by Crippen LogP contribution is 2.28. The molecule has 0 radical (unpaired) electrons.